The molecule has 0 aromatic carbocycles. The molecule has 3 heterocycles. The SMILES string of the molecule is CC[C@H]1OC(=O)[C@H](C)[C@@H](OC2CC(C)(C)[C@@H](C)[C@H](C)O2)C(C)[C@@H](OC2O[C@H](C)C[C@H](N(C)C)[C@H]2O)[C@](C)(O)C[C@@H](C)CN(C)[C@H](C)[C@@H](O[Si](C)(C)C(C)(C)C)[C@]1(C)O. The number of rotatable bonds is 8. The van der Waals surface area contributed by atoms with Crippen LogP contribution in [0.1, 0.15) is 130 Å². The number of aliphatic hydroxyl groups is 3. The van der Waals surface area contributed by atoms with Gasteiger partial charge in [0.2, 0.25) is 0 Å². The average Bonchev–Trinajstić information content (AvgIpc) is 3.08. The molecule has 3 rings (SSSR count). The van der Waals surface area contributed by atoms with Gasteiger partial charge < -0.3 is 53.2 Å². The van der Waals surface area contributed by atoms with Crippen LogP contribution >= 0.6 is 0 Å². The van der Waals surface area contributed by atoms with Crippen LogP contribution in [0, 0.1) is 29.1 Å². The molecule has 12 nitrogen and oxygen atoms in total. The summed E-state index contributed by atoms with van der Waals surface area (Å²) in [6.45, 7) is 35.4. The van der Waals surface area contributed by atoms with Crippen LogP contribution in [0.4, 0.5) is 0 Å². The molecule has 0 spiro atoms. The summed E-state index contributed by atoms with van der Waals surface area (Å²) in [6.07, 6.45) is -4.52. The quantitative estimate of drug-likeness (QED) is 0.175. The number of aliphatic hydroxyl groups excluding tert-OH is 1. The van der Waals surface area contributed by atoms with Crippen molar-refractivity contribution in [2.24, 2.45) is 29.1 Å². The fourth-order valence-electron chi connectivity index (χ4n) is 9.57. The molecular weight excluding hydrogens is 757 g/mol. The number of carbonyl (C=O) groups is 1. The first-order valence-electron chi connectivity index (χ1n) is 22.3. The molecule has 0 aromatic rings. The van der Waals surface area contributed by atoms with Gasteiger partial charge >= 0.3 is 5.97 Å². The molecule has 3 N–H and O–H groups in total. The van der Waals surface area contributed by atoms with Crippen molar-refractivity contribution >= 4 is 14.3 Å². The van der Waals surface area contributed by atoms with Gasteiger partial charge in [-0.05, 0) is 117 Å². The number of cyclic esters (lactones) is 1. The maximum Gasteiger partial charge on any atom is 0.311 e. The molecule has 3 aliphatic rings. The summed E-state index contributed by atoms with van der Waals surface area (Å²) >= 11 is 0. The monoisotopic (exact) mass is 845 g/mol. The molecule has 0 bridgehead atoms. The fraction of sp³-hybridized carbons (Fsp3) is 0.978. The summed E-state index contributed by atoms with van der Waals surface area (Å²) in [4.78, 5) is 18.9. The van der Waals surface area contributed by atoms with Gasteiger partial charge in [0.15, 0.2) is 20.9 Å². The topological polar surface area (TPSA) is 140 Å². The zero-order chi connectivity index (χ0) is 44.7. The highest BCUT2D eigenvalue weighted by molar-refractivity contribution is 6.74. The number of likely N-dealkylation sites (N-methyl/N-ethyl adjacent to an activating group) is 2. The molecule has 13 heteroatoms. The van der Waals surface area contributed by atoms with Crippen molar-refractivity contribution in [2.45, 2.75) is 226 Å². The Morgan fingerprint density at radius 1 is 0.931 bits per heavy atom. The predicted octanol–water partition coefficient (Wildman–Crippen LogP) is 6.83. The second-order valence-electron chi connectivity index (χ2n) is 21.8. The molecule has 342 valence electrons. The molecule has 0 amide bonds. The van der Waals surface area contributed by atoms with E-state index in [4.69, 9.17) is 28.1 Å². The Morgan fingerprint density at radius 3 is 2.03 bits per heavy atom. The van der Waals surface area contributed by atoms with Gasteiger partial charge in [0.1, 0.15) is 17.8 Å². The lowest BCUT2D eigenvalue weighted by Crippen LogP contribution is -2.63. The zero-order valence-electron chi connectivity index (χ0n) is 40.3. The molecular formula is C45H88N2O10Si. The Labute approximate surface area is 354 Å². The summed E-state index contributed by atoms with van der Waals surface area (Å²) in [6, 6.07) is -0.520. The van der Waals surface area contributed by atoms with Gasteiger partial charge in [0.25, 0.3) is 0 Å². The van der Waals surface area contributed by atoms with Gasteiger partial charge in [-0.3, -0.25) is 4.79 Å². The van der Waals surface area contributed by atoms with E-state index in [9.17, 15) is 20.1 Å². The third-order valence-electron chi connectivity index (χ3n) is 14.9. The number of carbonyl (C=O) groups excluding carboxylic acids is 1. The molecule has 58 heavy (non-hydrogen) atoms. The molecule has 3 aliphatic heterocycles. The smallest absolute Gasteiger partial charge is 0.311 e. The first-order valence-corrected chi connectivity index (χ1v) is 25.2. The zero-order valence-corrected chi connectivity index (χ0v) is 41.3. The summed E-state index contributed by atoms with van der Waals surface area (Å²) < 4.78 is 40.2. The summed E-state index contributed by atoms with van der Waals surface area (Å²) in [5, 5.41) is 37.0. The van der Waals surface area contributed by atoms with Gasteiger partial charge in [0.05, 0.1) is 42.0 Å². The van der Waals surface area contributed by atoms with Crippen molar-refractivity contribution in [1.29, 1.82) is 0 Å². The molecule has 3 fully saturated rings. The van der Waals surface area contributed by atoms with Crippen LogP contribution in [0.15, 0.2) is 0 Å². The molecule has 0 radical (unpaired) electrons. The maximum atomic E-state index is 14.7. The van der Waals surface area contributed by atoms with E-state index in [0.29, 0.717) is 32.2 Å². The highest BCUT2D eigenvalue weighted by Gasteiger charge is 2.54. The van der Waals surface area contributed by atoms with E-state index < -0.39 is 80.4 Å². The van der Waals surface area contributed by atoms with Crippen LogP contribution in [0.3, 0.4) is 0 Å². The van der Waals surface area contributed by atoms with Crippen LogP contribution in [0.5, 0.6) is 0 Å². The lowest BCUT2D eigenvalue weighted by molar-refractivity contribution is -0.310. The van der Waals surface area contributed by atoms with Crippen LogP contribution in [-0.2, 0) is 32.9 Å². The summed E-state index contributed by atoms with van der Waals surface area (Å²) in [7, 11) is 3.42. The number of nitrogens with zero attached hydrogens (tertiary/aromatic N) is 2. The van der Waals surface area contributed by atoms with Crippen LogP contribution in [0.25, 0.3) is 0 Å². The van der Waals surface area contributed by atoms with E-state index >= 15 is 0 Å². The van der Waals surface area contributed by atoms with Gasteiger partial charge in [-0.15, -0.1) is 0 Å². The first kappa shape index (κ1) is 51.6. The molecule has 0 aromatic heterocycles. The van der Waals surface area contributed by atoms with Crippen LogP contribution in [0.2, 0.25) is 18.1 Å². The lowest BCUT2D eigenvalue weighted by atomic mass is 9.72. The van der Waals surface area contributed by atoms with Crippen LogP contribution < -0.4 is 0 Å². The second kappa shape index (κ2) is 19.4. The Balaban J connectivity index is 2.23. The van der Waals surface area contributed by atoms with Gasteiger partial charge in [0, 0.05) is 31.0 Å². The van der Waals surface area contributed by atoms with E-state index in [1.54, 1.807) is 20.8 Å². The van der Waals surface area contributed by atoms with Gasteiger partial charge in [-0.2, -0.15) is 0 Å². The number of hydrogen-bond donors (Lipinski definition) is 3. The molecule has 17 atom stereocenters. The Kier molecular flexibility index (Phi) is 17.2. The van der Waals surface area contributed by atoms with Crippen molar-refractivity contribution in [1.82, 2.24) is 9.80 Å². The molecule has 0 aliphatic carbocycles. The average molecular weight is 845 g/mol. The molecule has 0 saturated carbocycles. The van der Waals surface area contributed by atoms with Crippen molar-refractivity contribution in [3.63, 3.8) is 0 Å². The lowest BCUT2D eigenvalue weighted by Gasteiger charge is -2.49. The molecule has 3 unspecified atom stereocenters. The minimum Gasteiger partial charge on any atom is -0.459 e. The second-order valence-corrected chi connectivity index (χ2v) is 26.6. The first-order chi connectivity index (χ1) is 26.3. The normalized spacial score (nSPS) is 44.7. The summed E-state index contributed by atoms with van der Waals surface area (Å²) in [5.74, 6) is -1.84. The minimum absolute atomic E-state index is 0.0588. The van der Waals surface area contributed by atoms with Crippen molar-refractivity contribution in [3.05, 3.63) is 0 Å². The third-order valence-corrected chi connectivity index (χ3v) is 19.4. The Hall–Kier alpha value is -0.713. The van der Waals surface area contributed by atoms with Crippen molar-refractivity contribution in [2.75, 3.05) is 27.7 Å². The molecule has 3 saturated heterocycles. The number of hydrogen-bond acceptors (Lipinski definition) is 12. The Bertz CT molecular complexity index is 1320. The van der Waals surface area contributed by atoms with Gasteiger partial charge in [-0.25, -0.2) is 0 Å². The van der Waals surface area contributed by atoms with E-state index in [0.717, 1.165) is 0 Å². The number of esters is 1. The summed E-state index contributed by atoms with van der Waals surface area (Å²) in [5.41, 5.74) is -3.15. The highest BCUT2D eigenvalue weighted by Crippen LogP contribution is 2.45. The maximum absolute atomic E-state index is 14.7. The van der Waals surface area contributed by atoms with E-state index in [1.807, 2.05) is 46.8 Å². The van der Waals surface area contributed by atoms with Crippen molar-refractivity contribution in [3.8, 4) is 0 Å². The minimum atomic E-state index is -2.46. The fourth-order valence-corrected chi connectivity index (χ4v) is 11.0. The van der Waals surface area contributed by atoms with Crippen LogP contribution in [-0.4, -0.2) is 146 Å². The third kappa shape index (κ3) is 11.8. The standard InChI is InChI=1S/C45H88N2O10Si/c1-21-34-45(15,51)39(57-58(19,20)42(9,10)11)31(7)47(18)25-26(2)23-44(14,50)38(56-41-36(48)33(46(16)17)22-27(3)52-41)28(4)37(29(5)40(49)54-34)55-35-24-43(12,13)30(6)32(8)53-35/h26-39,41,48,50-51H,21-25H2,1-20H3/t26-,27-,28?,29-,30+,31-,32+,33+,34-,35?,36-,37+,38-,39-,41?,44-,45-/m1/s1. The number of ether oxygens (including phenoxy) is 5. The largest absolute Gasteiger partial charge is 0.459 e. The van der Waals surface area contributed by atoms with Crippen molar-refractivity contribution < 1.29 is 48.2 Å². The highest BCUT2D eigenvalue weighted by atomic mass is 28.4. The van der Waals surface area contributed by atoms with E-state index in [1.165, 1.54) is 0 Å². The van der Waals surface area contributed by atoms with E-state index in [2.05, 4.69) is 80.3 Å². The predicted molar refractivity (Wildman–Crippen MR) is 232 cm³/mol. The van der Waals surface area contributed by atoms with E-state index in [-0.39, 0.29) is 46.6 Å². The Morgan fingerprint density at radius 2 is 1.52 bits per heavy atom. The van der Waals surface area contributed by atoms with Gasteiger partial charge in [-0.1, -0.05) is 62.3 Å².